The lowest BCUT2D eigenvalue weighted by Gasteiger charge is -2.43. The van der Waals surface area contributed by atoms with Crippen molar-refractivity contribution in [3.63, 3.8) is 0 Å². The molecule has 4 unspecified atom stereocenters. The van der Waals surface area contributed by atoms with Crippen LogP contribution in [0.5, 0.6) is 0 Å². The standard InChI is InChI=1S/C22H29N3O4S/c1-14(15-7-4-3-5-8-15)23-19(26)9-6-12-25-20(27)17-11-10-16(21(28)29-2)13-18(17)24-22(25)30/h3-5,7-8,14,16-18H,6,9-13H2,1-2H3,(H,23,26)(H,24,30). The molecule has 2 N–H and O–H groups in total. The van der Waals surface area contributed by atoms with E-state index in [-0.39, 0.29) is 41.7 Å². The monoisotopic (exact) mass is 431 g/mol. The molecule has 1 aromatic rings. The number of nitrogens with zero attached hydrogens (tertiary/aromatic N) is 1. The lowest BCUT2D eigenvalue weighted by atomic mass is 9.76. The number of nitrogens with one attached hydrogen (secondary N) is 2. The van der Waals surface area contributed by atoms with Crippen molar-refractivity contribution in [3.05, 3.63) is 35.9 Å². The van der Waals surface area contributed by atoms with Gasteiger partial charge in [0, 0.05) is 19.0 Å². The van der Waals surface area contributed by atoms with Crippen molar-refractivity contribution in [2.45, 2.75) is 51.1 Å². The zero-order valence-corrected chi connectivity index (χ0v) is 18.2. The molecule has 2 aliphatic rings. The zero-order valence-electron chi connectivity index (χ0n) is 17.4. The van der Waals surface area contributed by atoms with Gasteiger partial charge in [0.1, 0.15) is 0 Å². The van der Waals surface area contributed by atoms with Crippen molar-refractivity contribution in [1.82, 2.24) is 15.5 Å². The van der Waals surface area contributed by atoms with Crippen LogP contribution in [-0.2, 0) is 19.1 Å². The lowest BCUT2D eigenvalue weighted by Crippen LogP contribution is -2.61. The molecule has 4 atom stereocenters. The number of rotatable bonds is 7. The fourth-order valence-electron chi connectivity index (χ4n) is 4.29. The van der Waals surface area contributed by atoms with Crippen LogP contribution in [0.4, 0.5) is 0 Å². The van der Waals surface area contributed by atoms with Crippen LogP contribution >= 0.6 is 12.2 Å². The van der Waals surface area contributed by atoms with Crippen molar-refractivity contribution >= 4 is 35.1 Å². The normalized spacial score (nSPS) is 24.5. The van der Waals surface area contributed by atoms with Crippen LogP contribution in [-0.4, -0.2) is 47.5 Å². The molecule has 0 radical (unpaired) electrons. The van der Waals surface area contributed by atoms with E-state index in [0.29, 0.717) is 43.8 Å². The molecule has 30 heavy (non-hydrogen) atoms. The number of esters is 1. The number of benzene rings is 1. The van der Waals surface area contributed by atoms with Crippen molar-refractivity contribution in [3.8, 4) is 0 Å². The van der Waals surface area contributed by atoms with E-state index < -0.39 is 0 Å². The Morgan fingerprint density at radius 3 is 2.73 bits per heavy atom. The second-order valence-corrected chi connectivity index (χ2v) is 8.38. The number of fused-ring (bicyclic) bond motifs is 1. The van der Waals surface area contributed by atoms with Gasteiger partial charge in [-0.1, -0.05) is 30.3 Å². The Balaban J connectivity index is 1.47. The van der Waals surface area contributed by atoms with Gasteiger partial charge in [-0.05, 0) is 50.4 Å². The summed E-state index contributed by atoms with van der Waals surface area (Å²) < 4.78 is 4.84. The summed E-state index contributed by atoms with van der Waals surface area (Å²) in [4.78, 5) is 38.6. The minimum absolute atomic E-state index is 0.00914. The molecule has 1 heterocycles. The molecular weight excluding hydrogens is 402 g/mol. The fourth-order valence-corrected chi connectivity index (χ4v) is 4.62. The highest BCUT2D eigenvalue weighted by Gasteiger charge is 2.44. The number of amides is 2. The van der Waals surface area contributed by atoms with Gasteiger partial charge in [0.15, 0.2) is 5.11 Å². The Kier molecular flexibility index (Phi) is 7.42. The number of methoxy groups -OCH3 is 1. The Bertz CT molecular complexity index is 801. The van der Waals surface area contributed by atoms with Crippen molar-refractivity contribution in [2.24, 2.45) is 11.8 Å². The number of carbonyl (C=O) groups is 3. The molecule has 2 amide bonds. The average molecular weight is 432 g/mol. The summed E-state index contributed by atoms with van der Waals surface area (Å²) in [6.07, 6.45) is 2.67. The topological polar surface area (TPSA) is 87.7 Å². The maximum absolute atomic E-state index is 12.9. The van der Waals surface area contributed by atoms with Gasteiger partial charge in [-0.2, -0.15) is 0 Å². The molecule has 7 nitrogen and oxygen atoms in total. The van der Waals surface area contributed by atoms with Crippen LogP contribution in [0, 0.1) is 11.8 Å². The van der Waals surface area contributed by atoms with Gasteiger partial charge in [-0.15, -0.1) is 0 Å². The summed E-state index contributed by atoms with van der Waals surface area (Å²) in [5.74, 6) is -0.672. The number of thiocarbonyl (C=S) groups is 1. The first-order chi connectivity index (χ1) is 14.4. The molecule has 0 aromatic heterocycles. The van der Waals surface area contributed by atoms with Crippen molar-refractivity contribution in [2.75, 3.05) is 13.7 Å². The molecular formula is C22H29N3O4S. The van der Waals surface area contributed by atoms with Crippen LogP contribution in [0.2, 0.25) is 0 Å². The van der Waals surface area contributed by atoms with E-state index in [9.17, 15) is 14.4 Å². The second-order valence-electron chi connectivity index (χ2n) is 7.99. The van der Waals surface area contributed by atoms with E-state index in [1.165, 1.54) is 7.11 Å². The van der Waals surface area contributed by atoms with Crippen LogP contribution in [0.3, 0.4) is 0 Å². The van der Waals surface area contributed by atoms with Gasteiger partial charge in [0.05, 0.1) is 25.0 Å². The van der Waals surface area contributed by atoms with Gasteiger partial charge in [0.25, 0.3) is 0 Å². The minimum atomic E-state index is -0.230. The molecule has 0 bridgehead atoms. The molecule has 3 rings (SSSR count). The van der Waals surface area contributed by atoms with Crippen molar-refractivity contribution in [1.29, 1.82) is 0 Å². The van der Waals surface area contributed by atoms with Crippen molar-refractivity contribution < 1.29 is 19.1 Å². The SMILES string of the molecule is COC(=O)C1CCC2C(=O)N(CCCC(=O)NC(C)c3ccccc3)C(=S)NC2C1. The Morgan fingerprint density at radius 1 is 1.30 bits per heavy atom. The summed E-state index contributed by atoms with van der Waals surface area (Å²) in [5.41, 5.74) is 1.05. The van der Waals surface area contributed by atoms with Gasteiger partial charge in [-0.3, -0.25) is 19.3 Å². The largest absolute Gasteiger partial charge is 0.469 e. The Hall–Kier alpha value is -2.48. The van der Waals surface area contributed by atoms with E-state index >= 15 is 0 Å². The zero-order chi connectivity index (χ0) is 21.7. The molecule has 1 aliphatic carbocycles. The highest BCUT2D eigenvalue weighted by atomic mass is 32.1. The Morgan fingerprint density at radius 2 is 2.03 bits per heavy atom. The first kappa shape index (κ1) is 22.2. The molecule has 1 saturated heterocycles. The second kappa shape index (κ2) is 10.0. The van der Waals surface area contributed by atoms with Crippen LogP contribution < -0.4 is 10.6 Å². The maximum atomic E-state index is 12.9. The summed E-state index contributed by atoms with van der Waals surface area (Å²) in [6, 6.07) is 9.59. The molecule has 1 saturated carbocycles. The first-order valence-corrected chi connectivity index (χ1v) is 10.9. The first-order valence-electron chi connectivity index (χ1n) is 10.4. The molecule has 1 aliphatic heterocycles. The third-order valence-corrected chi connectivity index (χ3v) is 6.32. The minimum Gasteiger partial charge on any atom is -0.469 e. The lowest BCUT2D eigenvalue weighted by molar-refractivity contribution is -0.149. The molecule has 162 valence electrons. The summed E-state index contributed by atoms with van der Waals surface area (Å²) in [6.45, 7) is 2.35. The number of ether oxygens (including phenoxy) is 1. The fraction of sp³-hybridized carbons (Fsp3) is 0.545. The summed E-state index contributed by atoms with van der Waals surface area (Å²) in [7, 11) is 1.39. The maximum Gasteiger partial charge on any atom is 0.308 e. The summed E-state index contributed by atoms with van der Waals surface area (Å²) in [5, 5.41) is 6.60. The quantitative estimate of drug-likeness (QED) is 0.509. The van der Waals surface area contributed by atoms with Crippen LogP contribution in [0.15, 0.2) is 30.3 Å². The number of carbonyl (C=O) groups excluding carboxylic acids is 3. The highest BCUT2D eigenvalue weighted by Crippen LogP contribution is 2.33. The van der Waals surface area contributed by atoms with E-state index in [1.54, 1.807) is 4.90 Å². The molecule has 0 spiro atoms. The van der Waals surface area contributed by atoms with E-state index in [4.69, 9.17) is 17.0 Å². The predicted octanol–water partition coefficient (Wildman–Crippen LogP) is 2.32. The predicted molar refractivity (Wildman–Crippen MR) is 116 cm³/mol. The van der Waals surface area contributed by atoms with E-state index in [1.807, 2.05) is 37.3 Å². The van der Waals surface area contributed by atoms with Crippen LogP contribution in [0.25, 0.3) is 0 Å². The van der Waals surface area contributed by atoms with Gasteiger partial charge < -0.3 is 15.4 Å². The smallest absolute Gasteiger partial charge is 0.308 e. The highest BCUT2D eigenvalue weighted by molar-refractivity contribution is 7.80. The molecule has 1 aromatic carbocycles. The summed E-state index contributed by atoms with van der Waals surface area (Å²) >= 11 is 5.40. The number of hydrogen-bond acceptors (Lipinski definition) is 5. The Labute approximate surface area is 182 Å². The molecule has 2 fully saturated rings. The third kappa shape index (κ3) is 5.16. The third-order valence-electron chi connectivity index (χ3n) is 5.98. The van der Waals surface area contributed by atoms with Gasteiger partial charge in [-0.25, -0.2) is 0 Å². The number of hydrogen-bond donors (Lipinski definition) is 2. The van der Waals surface area contributed by atoms with Gasteiger partial charge in [0.2, 0.25) is 11.8 Å². The van der Waals surface area contributed by atoms with E-state index in [0.717, 1.165) is 5.56 Å². The van der Waals surface area contributed by atoms with Crippen LogP contribution in [0.1, 0.15) is 50.6 Å². The van der Waals surface area contributed by atoms with E-state index in [2.05, 4.69) is 10.6 Å². The molecule has 8 heteroatoms. The van der Waals surface area contributed by atoms with Gasteiger partial charge >= 0.3 is 5.97 Å². The average Bonchev–Trinajstić information content (AvgIpc) is 2.75.